The summed E-state index contributed by atoms with van der Waals surface area (Å²) in [5.74, 6) is -0.344. The number of nitrogens with zero attached hydrogens (tertiary/aromatic N) is 4. The number of amides is 1. The summed E-state index contributed by atoms with van der Waals surface area (Å²) >= 11 is 1.25. The lowest BCUT2D eigenvalue weighted by Crippen LogP contribution is -2.39. The third kappa shape index (κ3) is 6.48. The van der Waals surface area contributed by atoms with E-state index in [-0.39, 0.29) is 17.7 Å². The number of carbonyl (C=O) groups excluding carboxylic acids is 1. The maximum absolute atomic E-state index is 13.2. The average molecular weight is 581 g/mol. The molecule has 12 nitrogen and oxygen atoms in total. The van der Waals surface area contributed by atoms with Crippen molar-refractivity contribution in [3.8, 4) is 0 Å². The number of anilines is 1. The van der Waals surface area contributed by atoms with Crippen molar-refractivity contribution >= 4 is 57.7 Å². The average Bonchev–Trinajstić information content (AvgIpc) is 3.65. The molecule has 3 aromatic heterocycles. The second kappa shape index (κ2) is 12.9. The highest BCUT2D eigenvalue weighted by molar-refractivity contribution is 7.14. The Hall–Kier alpha value is -3.65. The first-order chi connectivity index (χ1) is 19.9. The Morgan fingerprint density at radius 3 is 2.66 bits per heavy atom. The van der Waals surface area contributed by atoms with Gasteiger partial charge >= 0.3 is 5.69 Å². The molecular formula is C28H36N8O4S. The fourth-order valence-corrected chi connectivity index (χ4v) is 5.90. The van der Waals surface area contributed by atoms with Crippen molar-refractivity contribution in [3.63, 3.8) is 0 Å². The summed E-state index contributed by atoms with van der Waals surface area (Å²) in [6.07, 6.45) is 3.20. The third-order valence-corrected chi connectivity index (χ3v) is 8.31. The number of benzene rings is 1. The van der Waals surface area contributed by atoms with Gasteiger partial charge in [-0.1, -0.05) is 0 Å². The van der Waals surface area contributed by atoms with Crippen LogP contribution in [0.15, 0.2) is 29.1 Å². The van der Waals surface area contributed by atoms with Gasteiger partial charge in [-0.3, -0.25) is 19.6 Å². The number of aryl methyl sites for hydroxylation is 1. The quantitative estimate of drug-likeness (QED) is 0.140. The Labute approximate surface area is 241 Å². The second-order valence-electron chi connectivity index (χ2n) is 10.3. The lowest BCUT2D eigenvalue weighted by molar-refractivity contribution is 0.0364. The first kappa shape index (κ1) is 28.9. The summed E-state index contributed by atoms with van der Waals surface area (Å²) in [5.41, 5.74) is 2.81. The zero-order valence-corrected chi connectivity index (χ0v) is 24.1. The standard InChI is InChI=1S/C28H36N8O4S/c1-18(2)40-11-3-6-35-22-15-23-21(32-28(38)36(23)8-7-34-9-12-39-13-10-34)14-20(22)31-27(35)33-26(37)25-5-4-24(41-25)19(16-29)17-30/h4-5,14-19,29-30H,3,6-13H2,1-2H3,(H,32,38)(H,31,33,37). The van der Waals surface area contributed by atoms with Gasteiger partial charge < -0.3 is 29.8 Å². The Balaban J connectivity index is 1.46. The molecule has 1 aliphatic rings. The van der Waals surface area contributed by atoms with Crippen LogP contribution in [0.4, 0.5) is 5.95 Å². The van der Waals surface area contributed by atoms with Gasteiger partial charge in [-0.25, -0.2) is 9.78 Å². The zero-order chi connectivity index (χ0) is 28.9. The summed E-state index contributed by atoms with van der Waals surface area (Å²) in [4.78, 5) is 37.3. The predicted molar refractivity (Wildman–Crippen MR) is 161 cm³/mol. The molecule has 0 aliphatic carbocycles. The van der Waals surface area contributed by atoms with Gasteiger partial charge in [0.05, 0.1) is 52.2 Å². The Morgan fingerprint density at radius 1 is 1.15 bits per heavy atom. The van der Waals surface area contributed by atoms with Crippen molar-refractivity contribution in [3.05, 3.63) is 44.5 Å². The number of hydrogen-bond acceptors (Lipinski definition) is 9. The van der Waals surface area contributed by atoms with Crippen molar-refractivity contribution in [1.29, 1.82) is 10.8 Å². The van der Waals surface area contributed by atoms with Crippen LogP contribution in [0.25, 0.3) is 22.1 Å². The van der Waals surface area contributed by atoms with Crippen molar-refractivity contribution in [1.82, 2.24) is 24.0 Å². The molecule has 1 amide bonds. The third-order valence-electron chi connectivity index (χ3n) is 7.13. The number of aromatic nitrogens is 4. The van der Waals surface area contributed by atoms with Gasteiger partial charge in [0.25, 0.3) is 5.91 Å². The van der Waals surface area contributed by atoms with Crippen molar-refractivity contribution in [2.45, 2.75) is 45.4 Å². The largest absolute Gasteiger partial charge is 0.379 e. The van der Waals surface area contributed by atoms with E-state index in [1.54, 1.807) is 16.7 Å². The topological polar surface area (TPSA) is 154 Å². The van der Waals surface area contributed by atoms with Crippen molar-refractivity contribution in [2.75, 3.05) is 44.8 Å². The fraction of sp³-hybridized carbons (Fsp3) is 0.464. The van der Waals surface area contributed by atoms with E-state index in [2.05, 4.69) is 15.2 Å². The minimum absolute atomic E-state index is 0.118. The molecule has 1 saturated heterocycles. The normalized spacial score (nSPS) is 15.1. The monoisotopic (exact) mass is 580 g/mol. The smallest absolute Gasteiger partial charge is 0.326 e. The van der Waals surface area contributed by atoms with Crippen LogP contribution in [-0.2, 0) is 22.6 Å². The van der Waals surface area contributed by atoms with E-state index in [1.165, 1.54) is 23.8 Å². The van der Waals surface area contributed by atoms with Gasteiger partial charge in [0.15, 0.2) is 0 Å². The maximum Gasteiger partial charge on any atom is 0.326 e. The highest BCUT2D eigenvalue weighted by atomic mass is 32.1. The molecule has 4 N–H and O–H groups in total. The van der Waals surface area contributed by atoms with E-state index in [0.717, 1.165) is 35.5 Å². The van der Waals surface area contributed by atoms with Crippen LogP contribution in [0.1, 0.15) is 40.7 Å². The number of carbonyl (C=O) groups is 1. The summed E-state index contributed by atoms with van der Waals surface area (Å²) < 4.78 is 14.9. The minimum atomic E-state index is -0.448. The van der Waals surface area contributed by atoms with Gasteiger partial charge in [-0.05, 0) is 44.5 Å². The molecule has 13 heteroatoms. The number of hydrogen-bond donors (Lipinski definition) is 4. The first-order valence-corrected chi connectivity index (χ1v) is 14.7. The minimum Gasteiger partial charge on any atom is -0.379 e. The highest BCUT2D eigenvalue weighted by Crippen LogP contribution is 2.27. The Kier molecular flexibility index (Phi) is 9.08. The van der Waals surface area contributed by atoms with Crippen LogP contribution in [0.3, 0.4) is 0 Å². The Bertz CT molecular complexity index is 1590. The van der Waals surface area contributed by atoms with Crippen molar-refractivity contribution < 1.29 is 14.3 Å². The molecule has 0 spiro atoms. The van der Waals surface area contributed by atoms with E-state index in [9.17, 15) is 9.59 Å². The van der Waals surface area contributed by atoms with E-state index >= 15 is 0 Å². The molecule has 218 valence electrons. The number of imidazole rings is 2. The lowest BCUT2D eigenvalue weighted by Gasteiger charge is -2.26. The highest BCUT2D eigenvalue weighted by Gasteiger charge is 2.20. The van der Waals surface area contributed by atoms with Gasteiger partial charge in [0.1, 0.15) is 0 Å². The van der Waals surface area contributed by atoms with Crippen LogP contribution in [0.2, 0.25) is 0 Å². The van der Waals surface area contributed by atoms with Crippen LogP contribution < -0.4 is 11.0 Å². The van der Waals surface area contributed by atoms with Gasteiger partial charge in [0.2, 0.25) is 5.95 Å². The SMILES string of the molecule is CC(C)OCCCn1c(NC(=O)c2ccc(C(C=N)C=N)s2)nc2cc3[nH]c(=O)n(CCN4CCOCC4)c3cc21. The summed E-state index contributed by atoms with van der Waals surface area (Å²) in [6.45, 7) is 9.53. The van der Waals surface area contributed by atoms with E-state index in [1.807, 2.05) is 30.5 Å². The number of morpholine rings is 1. The van der Waals surface area contributed by atoms with E-state index < -0.39 is 5.92 Å². The van der Waals surface area contributed by atoms with E-state index in [4.69, 9.17) is 25.3 Å². The van der Waals surface area contributed by atoms with E-state index in [0.29, 0.717) is 61.2 Å². The number of fused-ring (bicyclic) bond motifs is 2. The zero-order valence-electron chi connectivity index (χ0n) is 23.3. The molecular weight excluding hydrogens is 544 g/mol. The second-order valence-corrected chi connectivity index (χ2v) is 11.4. The van der Waals surface area contributed by atoms with Gasteiger partial charge in [-0.2, -0.15) is 0 Å². The molecule has 1 fully saturated rings. The number of H-pyrrole nitrogens is 1. The summed E-state index contributed by atoms with van der Waals surface area (Å²) in [6, 6.07) is 7.30. The molecule has 4 aromatic rings. The fourth-order valence-electron chi connectivity index (χ4n) is 4.96. The van der Waals surface area contributed by atoms with Crippen LogP contribution in [0, 0.1) is 10.8 Å². The molecule has 0 saturated carbocycles. The molecule has 5 rings (SSSR count). The Morgan fingerprint density at radius 2 is 1.93 bits per heavy atom. The molecule has 0 unspecified atom stereocenters. The number of nitrogens with one attached hydrogen (secondary N) is 4. The molecule has 0 atom stereocenters. The number of aromatic amines is 1. The van der Waals surface area contributed by atoms with Crippen LogP contribution >= 0.6 is 11.3 Å². The number of thiophene rings is 1. The van der Waals surface area contributed by atoms with Crippen LogP contribution in [0.5, 0.6) is 0 Å². The molecule has 0 bridgehead atoms. The molecule has 0 radical (unpaired) electrons. The summed E-state index contributed by atoms with van der Waals surface area (Å²) in [7, 11) is 0. The molecule has 4 heterocycles. The molecule has 41 heavy (non-hydrogen) atoms. The first-order valence-electron chi connectivity index (χ1n) is 13.8. The number of rotatable bonds is 13. The molecule has 1 aromatic carbocycles. The lowest BCUT2D eigenvalue weighted by atomic mass is 10.1. The van der Waals surface area contributed by atoms with Crippen LogP contribution in [-0.4, -0.2) is 87.9 Å². The predicted octanol–water partition coefficient (Wildman–Crippen LogP) is 3.52. The maximum atomic E-state index is 13.2. The van der Waals surface area contributed by atoms with Crippen molar-refractivity contribution in [2.24, 2.45) is 0 Å². The van der Waals surface area contributed by atoms with Gasteiger partial charge in [0, 0.05) is 56.6 Å². The summed E-state index contributed by atoms with van der Waals surface area (Å²) in [5, 5.41) is 18.0. The number of ether oxygens (including phenoxy) is 2. The van der Waals surface area contributed by atoms with Gasteiger partial charge in [-0.15, -0.1) is 11.3 Å². The molecule has 1 aliphatic heterocycles.